The van der Waals surface area contributed by atoms with Crippen LogP contribution in [-0.4, -0.2) is 16.7 Å². The topological polar surface area (TPSA) is 23.5 Å². The van der Waals surface area contributed by atoms with Gasteiger partial charge in [0, 0.05) is 11.9 Å². The molecule has 17 heavy (non-hydrogen) atoms. The zero-order valence-electron chi connectivity index (χ0n) is 10.3. The van der Waals surface area contributed by atoms with Gasteiger partial charge in [-0.3, -0.25) is 0 Å². The molecule has 0 radical (unpaired) electrons. The van der Waals surface area contributed by atoms with E-state index in [1.807, 2.05) is 6.92 Å². The van der Waals surface area contributed by atoms with E-state index < -0.39 is 5.60 Å². The molecule has 2 heteroatoms. The lowest BCUT2D eigenvalue weighted by molar-refractivity contribution is 0.0514. The molecule has 0 aromatic heterocycles. The van der Waals surface area contributed by atoms with Crippen LogP contribution in [-0.2, 0) is 6.42 Å². The Morgan fingerprint density at radius 3 is 2.94 bits per heavy atom. The fraction of sp³-hybridized carbons (Fsp3) is 0.467. The Kier molecular flexibility index (Phi) is 2.48. The maximum Gasteiger partial charge on any atom is 0.0825 e. The number of hydrogen-bond donors (Lipinski definition) is 1. The molecule has 2 unspecified atom stereocenters. The monoisotopic (exact) mass is 229 g/mol. The van der Waals surface area contributed by atoms with Gasteiger partial charge in [-0.05, 0) is 44.2 Å². The Hall–Kier alpha value is -1.28. The highest BCUT2D eigenvalue weighted by Crippen LogP contribution is 2.38. The molecular formula is C15H19NO. The first-order valence-corrected chi connectivity index (χ1v) is 6.44. The van der Waals surface area contributed by atoms with Gasteiger partial charge in [-0.15, -0.1) is 0 Å². The number of aliphatic hydroxyl groups is 1. The summed E-state index contributed by atoms with van der Waals surface area (Å²) in [6.07, 6.45) is 8.44. The molecule has 90 valence electrons. The second-order valence-corrected chi connectivity index (χ2v) is 5.39. The van der Waals surface area contributed by atoms with Crippen molar-refractivity contribution in [2.24, 2.45) is 0 Å². The standard InChI is InChI=1S/C15H19NO/c1-15(17)10-4-9-14(15)16-11-5-7-12-6-2-3-8-13(12)16/h2-3,5-6,8,11,14,17H,4,7,9-10H2,1H3. The molecule has 2 nitrogen and oxygen atoms in total. The lowest BCUT2D eigenvalue weighted by Gasteiger charge is -2.38. The number of para-hydroxylation sites is 1. The van der Waals surface area contributed by atoms with E-state index in [9.17, 15) is 5.11 Å². The quantitative estimate of drug-likeness (QED) is 0.800. The van der Waals surface area contributed by atoms with Crippen LogP contribution in [0.3, 0.4) is 0 Å². The Bertz CT molecular complexity index is 450. The molecular weight excluding hydrogens is 210 g/mol. The number of nitrogens with zero attached hydrogens (tertiary/aromatic N) is 1. The SMILES string of the molecule is CC1(O)CCCC1N1C=CCc2ccccc21. The molecule has 3 rings (SSSR count). The zero-order chi connectivity index (χ0) is 11.9. The minimum absolute atomic E-state index is 0.222. The lowest BCUT2D eigenvalue weighted by atomic mass is 9.96. The predicted molar refractivity (Wildman–Crippen MR) is 70.0 cm³/mol. The van der Waals surface area contributed by atoms with Gasteiger partial charge < -0.3 is 10.0 Å². The molecule has 1 aliphatic carbocycles. The number of anilines is 1. The van der Waals surface area contributed by atoms with Crippen molar-refractivity contribution < 1.29 is 5.11 Å². The van der Waals surface area contributed by atoms with Crippen LogP contribution in [0.5, 0.6) is 0 Å². The molecule has 2 aliphatic rings. The summed E-state index contributed by atoms with van der Waals surface area (Å²) in [4.78, 5) is 2.27. The number of allylic oxidation sites excluding steroid dienone is 1. The van der Waals surface area contributed by atoms with E-state index in [-0.39, 0.29) is 6.04 Å². The third-order valence-electron chi connectivity index (χ3n) is 4.09. The van der Waals surface area contributed by atoms with Gasteiger partial charge in [-0.25, -0.2) is 0 Å². The van der Waals surface area contributed by atoms with Gasteiger partial charge in [-0.2, -0.15) is 0 Å². The maximum absolute atomic E-state index is 10.5. The molecule has 0 spiro atoms. The van der Waals surface area contributed by atoms with E-state index in [4.69, 9.17) is 0 Å². The fourth-order valence-electron chi connectivity index (χ4n) is 3.15. The maximum atomic E-state index is 10.5. The van der Waals surface area contributed by atoms with Crippen molar-refractivity contribution in [3.8, 4) is 0 Å². The zero-order valence-corrected chi connectivity index (χ0v) is 10.3. The van der Waals surface area contributed by atoms with Crippen LogP contribution in [0.25, 0.3) is 0 Å². The molecule has 2 atom stereocenters. The Labute approximate surface area is 103 Å². The van der Waals surface area contributed by atoms with Crippen LogP contribution in [0.1, 0.15) is 31.7 Å². The van der Waals surface area contributed by atoms with E-state index in [1.165, 1.54) is 11.3 Å². The molecule has 1 aromatic rings. The van der Waals surface area contributed by atoms with Gasteiger partial charge >= 0.3 is 0 Å². The highest BCUT2D eigenvalue weighted by molar-refractivity contribution is 5.60. The summed E-state index contributed by atoms with van der Waals surface area (Å²) in [6, 6.07) is 8.72. The van der Waals surface area contributed by atoms with E-state index >= 15 is 0 Å². The summed E-state index contributed by atoms with van der Waals surface area (Å²) in [5, 5.41) is 10.5. The summed E-state index contributed by atoms with van der Waals surface area (Å²) >= 11 is 0. The van der Waals surface area contributed by atoms with Crippen LogP contribution in [0.2, 0.25) is 0 Å². The molecule has 1 fully saturated rings. The number of benzene rings is 1. The molecule has 0 amide bonds. The Morgan fingerprint density at radius 1 is 1.35 bits per heavy atom. The van der Waals surface area contributed by atoms with Crippen LogP contribution < -0.4 is 4.90 Å². The van der Waals surface area contributed by atoms with Crippen LogP contribution in [0.4, 0.5) is 5.69 Å². The second kappa shape index (κ2) is 3.88. The number of fused-ring (bicyclic) bond motifs is 1. The molecule has 1 heterocycles. The van der Waals surface area contributed by atoms with Gasteiger partial charge in [-0.1, -0.05) is 24.3 Å². The van der Waals surface area contributed by atoms with Crippen molar-refractivity contribution in [1.82, 2.24) is 0 Å². The summed E-state index contributed by atoms with van der Waals surface area (Å²) < 4.78 is 0. The van der Waals surface area contributed by atoms with E-state index in [2.05, 4.69) is 41.4 Å². The van der Waals surface area contributed by atoms with Gasteiger partial charge in [0.25, 0.3) is 0 Å². The van der Waals surface area contributed by atoms with Crippen molar-refractivity contribution in [2.45, 2.75) is 44.2 Å². The highest BCUT2D eigenvalue weighted by atomic mass is 16.3. The van der Waals surface area contributed by atoms with Crippen molar-refractivity contribution in [3.05, 3.63) is 42.1 Å². The predicted octanol–water partition coefficient (Wildman–Crippen LogP) is 2.87. The largest absolute Gasteiger partial charge is 0.388 e. The van der Waals surface area contributed by atoms with Crippen LogP contribution >= 0.6 is 0 Å². The number of hydrogen-bond acceptors (Lipinski definition) is 2. The van der Waals surface area contributed by atoms with E-state index in [0.29, 0.717) is 0 Å². The first-order chi connectivity index (χ1) is 8.18. The normalized spacial score (nSPS) is 31.6. The van der Waals surface area contributed by atoms with Crippen molar-refractivity contribution >= 4 is 5.69 Å². The Balaban J connectivity index is 1.98. The molecule has 0 saturated heterocycles. The smallest absolute Gasteiger partial charge is 0.0825 e. The van der Waals surface area contributed by atoms with Crippen molar-refractivity contribution in [2.75, 3.05) is 4.90 Å². The van der Waals surface area contributed by atoms with Crippen LogP contribution in [0, 0.1) is 0 Å². The minimum atomic E-state index is -0.561. The fourth-order valence-corrected chi connectivity index (χ4v) is 3.15. The summed E-state index contributed by atoms with van der Waals surface area (Å²) in [7, 11) is 0. The van der Waals surface area contributed by atoms with E-state index in [1.54, 1.807) is 0 Å². The Morgan fingerprint density at radius 2 is 2.18 bits per heavy atom. The average molecular weight is 229 g/mol. The van der Waals surface area contributed by atoms with Gasteiger partial charge in [0.05, 0.1) is 11.6 Å². The molecule has 1 aliphatic heterocycles. The number of rotatable bonds is 1. The third kappa shape index (κ3) is 1.77. The molecule has 0 bridgehead atoms. The average Bonchev–Trinajstić information content (AvgIpc) is 2.68. The second-order valence-electron chi connectivity index (χ2n) is 5.39. The van der Waals surface area contributed by atoms with Crippen LogP contribution in [0.15, 0.2) is 36.5 Å². The van der Waals surface area contributed by atoms with Gasteiger partial charge in [0.15, 0.2) is 0 Å². The third-order valence-corrected chi connectivity index (χ3v) is 4.09. The van der Waals surface area contributed by atoms with Crippen molar-refractivity contribution in [1.29, 1.82) is 0 Å². The molecule has 1 aromatic carbocycles. The first kappa shape index (κ1) is 10.8. The minimum Gasteiger partial charge on any atom is -0.388 e. The van der Waals surface area contributed by atoms with Gasteiger partial charge in [0.1, 0.15) is 0 Å². The molecule has 1 N–H and O–H groups in total. The molecule has 1 saturated carbocycles. The summed E-state index contributed by atoms with van der Waals surface area (Å²) in [5.74, 6) is 0. The first-order valence-electron chi connectivity index (χ1n) is 6.44. The lowest BCUT2D eigenvalue weighted by Crippen LogP contribution is -2.46. The van der Waals surface area contributed by atoms with Gasteiger partial charge in [0.2, 0.25) is 0 Å². The highest BCUT2D eigenvalue weighted by Gasteiger charge is 2.40. The van der Waals surface area contributed by atoms with Crippen molar-refractivity contribution in [3.63, 3.8) is 0 Å². The summed E-state index contributed by atoms with van der Waals surface area (Å²) in [6.45, 7) is 1.97. The van der Waals surface area contributed by atoms with E-state index in [0.717, 1.165) is 25.7 Å². The summed E-state index contributed by atoms with van der Waals surface area (Å²) in [5.41, 5.74) is 2.06.